The molecule has 1 aliphatic rings. The second-order valence-electron chi connectivity index (χ2n) is 3.82. The second-order valence-corrected chi connectivity index (χ2v) is 3.82. The minimum Gasteiger partial charge on any atom is -0.389 e. The van der Waals surface area contributed by atoms with Crippen molar-refractivity contribution in [2.75, 3.05) is 0 Å². The molecule has 0 bridgehead atoms. The van der Waals surface area contributed by atoms with E-state index in [4.69, 9.17) is 0 Å². The summed E-state index contributed by atoms with van der Waals surface area (Å²) >= 11 is 0. The number of nitrogens with one attached hydrogen (secondary N) is 1. The summed E-state index contributed by atoms with van der Waals surface area (Å²) in [5.41, 5.74) is 0. The molecule has 6 heteroatoms. The molecule has 16 heavy (non-hydrogen) atoms. The van der Waals surface area contributed by atoms with Gasteiger partial charge in [0.2, 0.25) is 0 Å². The number of amides is 1. The van der Waals surface area contributed by atoms with E-state index in [0.717, 1.165) is 0 Å². The third-order valence-corrected chi connectivity index (χ3v) is 2.44. The molecule has 1 rings (SSSR count). The molecular formula is C10H14F3NO2. The molecular weight excluding hydrogens is 223 g/mol. The van der Waals surface area contributed by atoms with Crippen LogP contribution in [0, 0.1) is 0 Å². The van der Waals surface area contributed by atoms with Crippen LogP contribution in [-0.4, -0.2) is 29.3 Å². The van der Waals surface area contributed by atoms with Crippen LogP contribution in [0.4, 0.5) is 13.2 Å². The Morgan fingerprint density at radius 1 is 1.31 bits per heavy atom. The summed E-state index contributed by atoms with van der Waals surface area (Å²) < 4.78 is 36.0. The first-order valence-corrected chi connectivity index (χ1v) is 5.12. The molecule has 92 valence electrons. The van der Waals surface area contributed by atoms with Gasteiger partial charge in [0.15, 0.2) is 0 Å². The van der Waals surface area contributed by atoms with Gasteiger partial charge in [-0.3, -0.25) is 4.79 Å². The molecule has 0 spiro atoms. The monoisotopic (exact) mass is 237 g/mol. The summed E-state index contributed by atoms with van der Waals surface area (Å²) in [5.74, 6) is -1.91. The topological polar surface area (TPSA) is 49.3 Å². The second kappa shape index (κ2) is 5.34. The number of halogens is 3. The summed E-state index contributed by atoms with van der Waals surface area (Å²) in [6.45, 7) is 0. The van der Waals surface area contributed by atoms with Gasteiger partial charge in [0.25, 0.3) is 0 Å². The van der Waals surface area contributed by atoms with Gasteiger partial charge in [0.05, 0.1) is 6.10 Å². The zero-order chi connectivity index (χ0) is 12.2. The lowest BCUT2D eigenvalue weighted by Gasteiger charge is -2.21. The van der Waals surface area contributed by atoms with Crippen LogP contribution >= 0.6 is 0 Å². The number of allylic oxidation sites excluding steroid dienone is 1. The van der Waals surface area contributed by atoms with Gasteiger partial charge in [-0.05, 0) is 25.7 Å². The highest BCUT2D eigenvalue weighted by Crippen LogP contribution is 2.18. The first-order valence-electron chi connectivity index (χ1n) is 5.12. The zero-order valence-corrected chi connectivity index (χ0v) is 8.63. The third-order valence-electron chi connectivity index (χ3n) is 2.44. The molecule has 0 aliphatic heterocycles. The van der Waals surface area contributed by atoms with E-state index in [1.807, 2.05) is 5.32 Å². The molecule has 0 saturated heterocycles. The number of alkyl halides is 3. The highest BCUT2D eigenvalue weighted by molar-refractivity contribution is 5.81. The molecule has 2 N–H and O–H groups in total. The van der Waals surface area contributed by atoms with E-state index >= 15 is 0 Å². The summed E-state index contributed by atoms with van der Waals surface area (Å²) in [5, 5.41) is 11.2. The van der Waals surface area contributed by atoms with E-state index in [2.05, 4.69) is 0 Å². The first-order chi connectivity index (χ1) is 7.39. The van der Waals surface area contributed by atoms with Gasteiger partial charge in [-0.2, -0.15) is 13.2 Å². The Morgan fingerprint density at radius 2 is 2.00 bits per heavy atom. The molecule has 3 nitrogen and oxygen atoms in total. The summed E-state index contributed by atoms with van der Waals surface area (Å²) in [4.78, 5) is 10.7. The van der Waals surface area contributed by atoms with E-state index in [1.54, 1.807) is 12.2 Å². The van der Waals surface area contributed by atoms with Crippen molar-refractivity contribution in [3.05, 3.63) is 12.2 Å². The Balaban J connectivity index is 2.48. The maximum Gasteiger partial charge on any atom is 0.471 e. The Bertz CT molecular complexity index is 276. The molecule has 0 radical (unpaired) electrons. The number of hydrogen-bond acceptors (Lipinski definition) is 2. The average molecular weight is 237 g/mol. The van der Waals surface area contributed by atoms with Crippen LogP contribution in [0.5, 0.6) is 0 Å². The zero-order valence-electron chi connectivity index (χ0n) is 8.63. The molecule has 1 amide bonds. The van der Waals surface area contributed by atoms with Crippen molar-refractivity contribution < 1.29 is 23.1 Å². The van der Waals surface area contributed by atoms with Crippen LogP contribution in [0.2, 0.25) is 0 Å². The van der Waals surface area contributed by atoms with Crippen LogP contribution < -0.4 is 5.32 Å². The number of carbonyl (C=O) groups excluding carboxylic acids is 1. The van der Waals surface area contributed by atoms with Crippen LogP contribution in [0.25, 0.3) is 0 Å². The fraction of sp³-hybridized carbons (Fsp3) is 0.700. The largest absolute Gasteiger partial charge is 0.471 e. The lowest BCUT2D eigenvalue weighted by molar-refractivity contribution is -0.174. The fourth-order valence-electron chi connectivity index (χ4n) is 1.57. The quantitative estimate of drug-likeness (QED) is 0.679. The number of aliphatic hydroxyl groups is 1. The summed E-state index contributed by atoms with van der Waals surface area (Å²) in [7, 11) is 0. The number of rotatable bonds is 1. The van der Waals surface area contributed by atoms with E-state index < -0.39 is 24.2 Å². The smallest absolute Gasteiger partial charge is 0.389 e. The maximum atomic E-state index is 12.0. The predicted octanol–water partition coefficient (Wildman–Crippen LogP) is 1.52. The van der Waals surface area contributed by atoms with Crippen LogP contribution in [0.3, 0.4) is 0 Å². The highest BCUT2D eigenvalue weighted by atomic mass is 19.4. The molecule has 2 unspecified atom stereocenters. The van der Waals surface area contributed by atoms with Gasteiger partial charge >= 0.3 is 12.1 Å². The molecule has 2 atom stereocenters. The molecule has 0 heterocycles. The van der Waals surface area contributed by atoms with Crippen molar-refractivity contribution in [3.63, 3.8) is 0 Å². The third kappa shape index (κ3) is 4.22. The maximum absolute atomic E-state index is 12.0. The van der Waals surface area contributed by atoms with Crippen LogP contribution in [0.1, 0.15) is 25.7 Å². The average Bonchev–Trinajstić information content (AvgIpc) is 2.15. The first kappa shape index (κ1) is 13.0. The Labute approximate surface area is 91.3 Å². The standard InChI is InChI=1S/C10H14F3NO2/c11-10(12,13)9(16)14-7-3-1-2-4-8(15)6-5-7/h2,4,7-8,15H,1,3,5-6H2,(H,14,16)/b4-2-. The van der Waals surface area contributed by atoms with E-state index in [9.17, 15) is 23.1 Å². The molecule has 0 aromatic rings. The van der Waals surface area contributed by atoms with Gasteiger partial charge in [-0.15, -0.1) is 0 Å². The molecule has 0 aromatic heterocycles. The lowest BCUT2D eigenvalue weighted by atomic mass is 9.99. The fourth-order valence-corrected chi connectivity index (χ4v) is 1.57. The van der Waals surface area contributed by atoms with Crippen molar-refractivity contribution in [3.8, 4) is 0 Å². The van der Waals surface area contributed by atoms with Gasteiger partial charge in [0, 0.05) is 6.04 Å². The minimum atomic E-state index is -4.84. The normalized spacial score (nSPS) is 29.0. The van der Waals surface area contributed by atoms with E-state index in [0.29, 0.717) is 25.7 Å². The molecule has 0 fully saturated rings. The molecule has 0 saturated carbocycles. The van der Waals surface area contributed by atoms with Gasteiger partial charge < -0.3 is 10.4 Å². The number of carbonyl (C=O) groups is 1. The van der Waals surface area contributed by atoms with Crippen molar-refractivity contribution in [1.82, 2.24) is 5.32 Å². The SMILES string of the molecule is O=C(NC1CC/C=C\C(O)CC1)C(F)(F)F. The number of hydrogen-bond donors (Lipinski definition) is 2. The summed E-state index contributed by atoms with van der Waals surface area (Å²) in [6, 6.07) is -0.520. The van der Waals surface area contributed by atoms with Crippen molar-refractivity contribution in [2.24, 2.45) is 0 Å². The lowest BCUT2D eigenvalue weighted by Crippen LogP contribution is -2.43. The highest BCUT2D eigenvalue weighted by Gasteiger charge is 2.39. The molecule has 0 aromatic carbocycles. The van der Waals surface area contributed by atoms with E-state index in [-0.39, 0.29) is 0 Å². The van der Waals surface area contributed by atoms with Gasteiger partial charge in [-0.1, -0.05) is 12.2 Å². The van der Waals surface area contributed by atoms with Crippen LogP contribution in [-0.2, 0) is 4.79 Å². The molecule has 1 aliphatic carbocycles. The Hall–Kier alpha value is -1.04. The van der Waals surface area contributed by atoms with Gasteiger partial charge in [-0.25, -0.2) is 0 Å². The van der Waals surface area contributed by atoms with Crippen LogP contribution in [0.15, 0.2) is 12.2 Å². The van der Waals surface area contributed by atoms with E-state index in [1.165, 1.54) is 0 Å². The van der Waals surface area contributed by atoms with Crippen molar-refractivity contribution in [2.45, 2.75) is 44.0 Å². The number of aliphatic hydroxyl groups excluding tert-OH is 1. The van der Waals surface area contributed by atoms with Crippen molar-refractivity contribution >= 4 is 5.91 Å². The Morgan fingerprint density at radius 3 is 2.62 bits per heavy atom. The van der Waals surface area contributed by atoms with Gasteiger partial charge in [0.1, 0.15) is 0 Å². The van der Waals surface area contributed by atoms with Crippen molar-refractivity contribution in [1.29, 1.82) is 0 Å². The predicted molar refractivity (Wildman–Crippen MR) is 51.6 cm³/mol. The minimum absolute atomic E-state index is 0.354. The Kier molecular flexibility index (Phi) is 4.35. The summed E-state index contributed by atoms with van der Waals surface area (Å²) in [6.07, 6.45) is -0.391.